The number of likely N-dealkylation sites (tertiary alicyclic amines) is 1. The summed E-state index contributed by atoms with van der Waals surface area (Å²) in [7, 11) is 0. The molecule has 0 bridgehead atoms. The number of rotatable bonds is 4. The molecule has 1 aliphatic heterocycles. The first-order chi connectivity index (χ1) is 6.65. The number of aliphatic hydroxyl groups is 1. The number of hydrogen-bond donors (Lipinski definition) is 1. The van der Waals surface area contributed by atoms with Gasteiger partial charge in [-0.1, -0.05) is 20.8 Å². The van der Waals surface area contributed by atoms with Crippen LogP contribution in [-0.4, -0.2) is 35.7 Å². The molecule has 1 aliphatic rings. The van der Waals surface area contributed by atoms with Gasteiger partial charge in [0, 0.05) is 12.6 Å². The topological polar surface area (TPSA) is 23.5 Å². The van der Waals surface area contributed by atoms with Crippen LogP contribution >= 0.6 is 0 Å². The van der Waals surface area contributed by atoms with E-state index in [0.29, 0.717) is 18.6 Å². The summed E-state index contributed by atoms with van der Waals surface area (Å²) in [5.41, 5.74) is 0. The quantitative estimate of drug-likeness (QED) is 0.749. The molecule has 1 N–H and O–H groups in total. The predicted molar refractivity (Wildman–Crippen MR) is 60.3 cm³/mol. The van der Waals surface area contributed by atoms with Gasteiger partial charge in [-0.3, -0.25) is 0 Å². The van der Waals surface area contributed by atoms with Gasteiger partial charge in [0.2, 0.25) is 0 Å². The van der Waals surface area contributed by atoms with Crippen molar-refractivity contribution in [1.82, 2.24) is 4.90 Å². The third-order valence-corrected chi connectivity index (χ3v) is 3.48. The van der Waals surface area contributed by atoms with E-state index in [1.165, 1.54) is 25.9 Å². The van der Waals surface area contributed by atoms with E-state index in [0.717, 1.165) is 12.3 Å². The first kappa shape index (κ1) is 12.0. The van der Waals surface area contributed by atoms with Gasteiger partial charge in [-0.25, -0.2) is 0 Å². The molecule has 0 aliphatic carbocycles. The van der Waals surface area contributed by atoms with Crippen LogP contribution in [0.4, 0.5) is 0 Å². The molecular weight excluding hydrogens is 174 g/mol. The molecule has 0 spiro atoms. The zero-order valence-corrected chi connectivity index (χ0v) is 9.87. The van der Waals surface area contributed by atoms with Crippen molar-refractivity contribution >= 4 is 0 Å². The average Bonchev–Trinajstić information content (AvgIpc) is 2.15. The first-order valence-electron chi connectivity index (χ1n) is 6.00. The highest BCUT2D eigenvalue weighted by molar-refractivity contribution is 4.79. The minimum atomic E-state index is 0.328. The molecule has 1 atom stereocenters. The fourth-order valence-corrected chi connectivity index (χ4v) is 2.43. The summed E-state index contributed by atoms with van der Waals surface area (Å²) in [6.45, 7) is 9.65. The Morgan fingerprint density at radius 2 is 1.86 bits per heavy atom. The molecular formula is C12H25NO. The van der Waals surface area contributed by atoms with Crippen LogP contribution in [0.5, 0.6) is 0 Å². The summed E-state index contributed by atoms with van der Waals surface area (Å²) in [6, 6.07) is 0.590. The molecule has 14 heavy (non-hydrogen) atoms. The van der Waals surface area contributed by atoms with Gasteiger partial charge in [-0.15, -0.1) is 0 Å². The van der Waals surface area contributed by atoms with Crippen LogP contribution in [0.25, 0.3) is 0 Å². The molecule has 1 unspecified atom stereocenters. The second kappa shape index (κ2) is 5.72. The lowest BCUT2D eigenvalue weighted by molar-refractivity contribution is 0.0874. The van der Waals surface area contributed by atoms with Gasteiger partial charge in [0.25, 0.3) is 0 Å². The minimum absolute atomic E-state index is 0.328. The van der Waals surface area contributed by atoms with Crippen LogP contribution in [0.1, 0.15) is 40.0 Å². The van der Waals surface area contributed by atoms with Crippen LogP contribution in [0.15, 0.2) is 0 Å². The number of aliphatic hydroxyl groups excluding tert-OH is 1. The molecule has 0 radical (unpaired) electrons. The highest BCUT2D eigenvalue weighted by atomic mass is 16.3. The predicted octanol–water partition coefficient (Wildman–Crippen LogP) is 2.13. The maximum absolute atomic E-state index is 9.04. The van der Waals surface area contributed by atoms with Crippen LogP contribution in [0.2, 0.25) is 0 Å². The first-order valence-corrected chi connectivity index (χ1v) is 6.00. The molecule has 0 aromatic rings. The van der Waals surface area contributed by atoms with Crippen molar-refractivity contribution < 1.29 is 5.11 Å². The van der Waals surface area contributed by atoms with Crippen molar-refractivity contribution in [2.24, 2.45) is 11.8 Å². The highest BCUT2D eigenvalue weighted by Crippen LogP contribution is 2.22. The van der Waals surface area contributed by atoms with E-state index in [9.17, 15) is 0 Å². The summed E-state index contributed by atoms with van der Waals surface area (Å²) in [5, 5.41) is 9.04. The third kappa shape index (κ3) is 3.25. The zero-order valence-electron chi connectivity index (χ0n) is 9.87. The van der Waals surface area contributed by atoms with Gasteiger partial charge in [0.15, 0.2) is 0 Å². The van der Waals surface area contributed by atoms with Gasteiger partial charge in [0.05, 0.1) is 0 Å². The van der Waals surface area contributed by atoms with E-state index in [1.807, 2.05) is 0 Å². The normalized spacial score (nSPS) is 22.9. The summed E-state index contributed by atoms with van der Waals surface area (Å²) < 4.78 is 0. The van der Waals surface area contributed by atoms with Crippen LogP contribution < -0.4 is 0 Å². The molecule has 1 saturated heterocycles. The lowest BCUT2D eigenvalue weighted by atomic mass is 9.93. The van der Waals surface area contributed by atoms with E-state index < -0.39 is 0 Å². The molecule has 2 nitrogen and oxygen atoms in total. The van der Waals surface area contributed by atoms with Crippen molar-refractivity contribution in [3.8, 4) is 0 Å². The molecule has 0 saturated carbocycles. The van der Waals surface area contributed by atoms with Crippen LogP contribution in [0.3, 0.4) is 0 Å². The largest absolute Gasteiger partial charge is 0.396 e. The Morgan fingerprint density at radius 3 is 2.29 bits per heavy atom. The molecule has 1 heterocycles. The fraction of sp³-hybridized carbons (Fsp3) is 1.00. The van der Waals surface area contributed by atoms with E-state index in [2.05, 4.69) is 25.7 Å². The van der Waals surface area contributed by atoms with Crippen molar-refractivity contribution in [2.75, 3.05) is 19.7 Å². The Morgan fingerprint density at radius 1 is 1.29 bits per heavy atom. The summed E-state index contributed by atoms with van der Waals surface area (Å²) in [5.74, 6) is 1.56. The van der Waals surface area contributed by atoms with E-state index in [-0.39, 0.29) is 0 Å². The van der Waals surface area contributed by atoms with Crippen molar-refractivity contribution in [3.05, 3.63) is 0 Å². The van der Waals surface area contributed by atoms with Gasteiger partial charge < -0.3 is 10.0 Å². The van der Waals surface area contributed by atoms with E-state index >= 15 is 0 Å². The SMILES string of the molecule is CC1CCN(C(CCO)C(C)C)CC1. The lowest BCUT2D eigenvalue weighted by Crippen LogP contribution is -2.44. The average molecular weight is 199 g/mol. The van der Waals surface area contributed by atoms with Crippen LogP contribution in [-0.2, 0) is 0 Å². The summed E-state index contributed by atoms with van der Waals surface area (Å²) >= 11 is 0. The van der Waals surface area contributed by atoms with Gasteiger partial charge in [-0.05, 0) is 44.2 Å². The molecule has 2 heteroatoms. The Balaban J connectivity index is 2.43. The van der Waals surface area contributed by atoms with Crippen molar-refractivity contribution in [2.45, 2.75) is 46.1 Å². The maximum Gasteiger partial charge on any atom is 0.0446 e. The minimum Gasteiger partial charge on any atom is -0.396 e. The standard InChI is InChI=1S/C12H25NO/c1-10(2)12(6-9-14)13-7-4-11(3)5-8-13/h10-12,14H,4-9H2,1-3H3. The Kier molecular flexibility index (Phi) is 4.90. The molecule has 1 fully saturated rings. The second-order valence-corrected chi connectivity index (χ2v) is 5.04. The van der Waals surface area contributed by atoms with Gasteiger partial charge in [0.1, 0.15) is 0 Å². The maximum atomic E-state index is 9.04. The number of hydrogen-bond acceptors (Lipinski definition) is 2. The molecule has 1 rings (SSSR count). The fourth-order valence-electron chi connectivity index (χ4n) is 2.43. The zero-order chi connectivity index (χ0) is 10.6. The lowest BCUT2D eigenvalue weighted by Gasteiger charge is -2.38. The van der Waals surface area contributed by atoms with Gasteiger partial charge >= 0.3 is 0 Å². The molecule has 0 aromatic carbocycles. The Hall–Kier alpha value is -0.0800. The number of piperidine rings is 1. The monoisotopic (exact) mass is 199 g/mol. The van der Waals surface area contributed by atoms with Crippen molar-refractivity contribution in [1.29, 1.82) is 0 Å². The highest BCUT2D eigenvalue weighted by Gasteiger charge is 2.24. The van der Waals surface area contributed by atoms with E-state index in [4.69, 9.17) is 5.11 Å². The molecule has 84 valence electrons. The third-order valence-electron chi connectivity index (χ3n) is 3.48. The summed E-state index contributed by atoms with van der Waals surface area (Å²) in [4.78, 5) is 2.57. The summed E-state index contributed by atoms with van der Waals surface area (Å²) in [6.07, 6.45) is 3.59. The molecule has 0 amide bonds. The van der Waals surface area contributed by atoms with E-state index in [1.54, 1.807) is 0 Å². The van der Waals surface area contributed by atoms with Gasteiger partial charge in [-0.2, -0.15) is 0 Å². The van der Waals surface area contributed by atoms with Crippen molar-refractivity contribution in [3.63, 3.8) is 0 Å². The Bertz CT molecular complexity index is 150. The number of nitrogens with zero attached hydrogens (tertiary/aromatic N) is 1. The Labute approximate surface area is 88.3 Å². The molecule has 0 aromatic heterocycles. The van der Waals surface area contributed by atoms with Crippen LogP contribution in [0, 0.1) is 11.8 Å². The second-order valence-electron chi connectivity index (χ2n) is 5.04. The smallest absolute Gasteiger partial charge is 0.0446 e.